The molecule has 0 aliphatic rings. The Balaban J connectivity index is 0. The summed E-state index contributed by atoms with van der Waals surface area (Å²) in [7, 11) is 0. The van der Waals surface area contributed by atoms with E-state index in [1.807, 2.05) is 0 Å². The van der Waals surface area contributed by atoms with Crippen molar-refractivity contribution in [3.8, 4) is 0 Å². The Morgan fingerprint density at radius 3 is 1.68 bits per heavy atom. The fraction of sp³-hybridized carbons (Fsp3) is 0.857. The van der Waals surface area contributed by atoms with Crippen molar-refractivity contribution in [1.29, 1.82) is 0 Å². The molecule has 0 aromatic rings. The molecule has 0 aromatic heterocycles. The highest BCUT2D eigenvalue weighted by molar-refractivity contribution is 5.66. The van der Waals surface area contributed by atoms with Gasteiger partial charge in [-0.1, -0.05) is 70.4 Å². The quantitative estimate of drug-likeness (QED) is 0.239. The topological polar surface area (TPSA) is 83.5 Å². The highest BCUT2D eigenvalue weighted by Crippen LogP contribution is 2.09. The number of aliphatic carboxylic acids is 1. The third kappa shape index (κ3) is 31.4. The lowest BCUT2D eigenvalue weighted by Crippen LogP contribution is -1.99. The van der Waals surface area contributed by atoms with E-state index in [0.717, 1.165) is 19.3 Å². The second-order valence-electron chi connectivity index (χ2n) is 6.59. The Bertz CT molecular complexity index is 278. The van der Waals surface area contributed by atoms with Crippen molar-refractivity contribution >= 4 is 5.97 Å². The van der Waals surface area contributed by atoms with Crippen LogP contribution >= 0.6 is 0 Å². The van der Waals surface area contributed by atoms with Crippen LogP contribution in [0.4, 0.5) is 0 Å². The van der Waals surface area contributed by atoms with Gasteiger partial charge in [0.15, 0.2) is 0 Å². The van der Waals surface area contributed by atoms with Crippen molar-refractivity contribution in [1.82, 2.24) is 0 Å². The lowest BCUT2D eigenvalue weighted by Gasteiger charge is -1.99. The second-order valence-corrected chi connectivity index (χ2v) is 6.59. The summed E-state index contributed by atoms with van der Waals surface area (Å²) in [6.07, 6.45) is 22.0. The van der Waals surface area contributed by atoms with Gasteiger partial charge in [0, 0.05) is 13.0 Å². The number of nitrogens with two attached hydrogens (primary N) is 1. The van der Waals surface area contributed by atoms with Crippen molar-refractivity contribution in [2.45, 2.75) is 103 Å². The third-order valence-electron chi connectivity index (χ3n) is 4.01. The second kappa shape index (κ2) is 25.4. The van der Waals surface area contributed by atoms with Crippen LogP contribution in [0.5, 0.6) is 0 Å². The molecule has 0 rings (SSSR count). The molecule has 0 saturated carbocycles. The summed E-state index contributed by atoms with van der Waals surface area (Å²) in [6.45, 7) is 3.07. The van der Waals surface area contributed by atoms with E-state index in [1.54, 1.807) is 0 Å². The highest BCUT2D eigenvalue weighted by Gasteiger charge is 1.95. The van der Waals surface area contributed by atoms with E-state index in [1.165, 1.54) is 70.6 Å². The van der Waals surface area contributed by atoms with Crippen LogP contribution in [0.3, 0.4) is 0 Å². The standard InChI is InChI=1S/C18H34O2.C3H9NO/c1-2-3-4-5-6-7-8-9-10-11-12-13-14-15-16-17-18(19)20;4-2-1-3-5/h9-10H,2-8,11-17H2,1H3,(H,19,20);5H,1-4H2. The van der Waals surface area contributed by atoms with E-state index in [2.05, 4.69) is 19.1 Å². The smallest absolute Gasteiger partial charge is 0.303 e. The van der Waals surface area contributed by atoms with E-state index < -0.39 is 5.97 Å². The molecule has 4 nitrogen and oxygen atoms in total. The van der Waals surface area contributed by atoms with Gasteiger partial charge in [0.2, 0.25) is 0 Å². The molecule has 0 unspecified atom stereocenters. The molecule has 0 radical (unpaired) electrons. The Hall–Kier alpha value is -0.870. The fourth-order valence-corrected chi connectivity index (χ4v) is 2.44. The minimum absolute atomic E-state index is 0.219. The monoisotopic (exact) mass is 357 g/mol. The molecule has 25 heavy (non-hydrogen) atoms. The average molecular weight is 358 g/mol. The number of aliphatic hydroxyl groups excluding tert-OH is 1. The van der Waals surface area contributed by atoms with Gasteiger partial charge in [-0.15, -0.1) is 0 Å². The zero-order valence-electron chi connectivity index (χ0n) is 16.6. The Morgan fingerprint density at radius 2 is 1.28 bits per heavy atom. The first-order chi connectivity index (χ1) is 12.2. The molecule has 0 atom stereocenters. The molecule has 0 heterocycles. The van der Waals surface area contributed by atoms with Gasteiger partial charge in [0.1, 0.15) is 0 Å². The molecule has 0 spiro atoms. The lowest BCUT2D eigenvalue weighted by molar-refractivity contribution is -0.137. The molecule has 0 aliphatic carbocycles. The first-order valence-corrected chi connectivity index (χ1v) is 10.4. The molecule has 0 amide bonds. The highest BCUT2D eigenvalue weighted by atomic mass is 16.4. The van der Waals surface area contributed by atoms with E-state index >= 15 is 0 Å². The number of allylic oxidation sites excluding steroid dienone is 2. The van der Waals surface area contributed by atoms with Crippen LogP contribution in [0.25, 0.3) is 0 Å². The van der Waals surface area contributed by atoms with Crippen LogP contribution < -0.4 is 5.73 Å². The normalized spacial score (nSPS) is 10.7. The fourth-order valence-electron chi connectivity index (χ4n) is 2.44. The Morgan fingerprint density at radius 1 is 0.800 bits per heavy atom. The summed E-state index contributed by atoms with van der Waals surface area (Å²) in [5.41, 5.74) is 4.98. The van der Waals surface area contributed by atoms with Gasteiger partial charge >= 0.3 is 5.97 Å². The number of hydrogen-bond donors (Lipinski definition) is 3. The number of unbranched alkanes of at least 4 members (excludes halogenated alkanes) is 11. The Kier molecular flexibility index (Phi) is 26.8. The summed E-state index contributed by atoms with van der Waals surface area (Å²) in [5.74, 6) is -0.664. The van der Waals surface area contributed by atoms with Gasteiger partial charge < -0.3 is 15.9 Å². The summed E-state index contributed by atoms with van der Waals surface area (Å²) in [5, 5.41) is 16.5. The summed E-state index contributed by atoms with van der Waals surface area (Å²) >= 11 is 0. The van der Waals surface area contributed by atoms with Crippen LogP contribution in [0.15, 0.2) is 12.2 Å². The van der Waals surface area contributed by atoms with E-state index in [4.69, 9.17) is 15.9 Å². The number of aliphatic hydroxyl groups is 1. The number of carboxylic acid groups (broad SMARTS) is 1. The van der Waals surface area contributed by atoms with Crippen LogP contribution in [0, 0.1) is 0 Å². The van der Waals surface area contributed by atoms with E-state index in [0.29, 0.717) is 13.0 Å². The van der Waals surface area contributed by atoms with Crippen LogP contribution in [0.1, 0.15) is 103 Å². The molecule has 0 bridgehead atoms. The van der Waals surface area contributed by atoms with Gasteiger partial charge in [-0.2, -0.15) is 0 Å². The van der Waals surface area contributed by atoms with Crippen molar-refractivity contribution in [2.75, 3.05) is 13.2 Å². The van der Waals surface area contributed by atoms with Crippen LogP contribution in [-0.2, 0) is 4.79 Å². The van der Waals surface area contributed by atoms with Gasteiger partial charge in [0.05, 0.1) is 0 Å². The molecular weight excluding hydrogens is 314 g/mol. The van der Waals surface area contributed by atoms with E-state index in [-0.39, 0.29) is 6.61 Å². The molecule has 150 valence electrons. The summed E-state index contributed by atoms with van der Waals surface area (Å²) < 4.78 is 0. The number of carboxylic acids is 1. The molecule has 0 aromatic carbocycles. The maximum Gasteiger partial charge on any atom is 0.303 e. The Labute approximate surface area is 155 Å². The van der Waals surface area contributed by atoms with Crippen molar-refractivity contribution in [2.24, 2.45) is 5.73 Å². The van der Waals surface area contributed by atoms with Crippen LogP contribution in [-0.4, -0.2) is 29.3 Å². The van der Waals surface area contributed by atoms with Crippen molar-refractivity contribution in [3.63, 3.8) is 0 Å². The first kappa shape index (κ1) is 26.4. The van der Waals surface area contributed by atoms with Gasteiger partial charge in [-0.25, -0.2) is 0 Å². The molecule has 0 fully saturated rings. The van der Waals surface area contributed by atoms with Crippen molar-refractivity contribution < 1.29 is 15.0 Å². The largest absolute Gasteiger partial charge is 0.481 e. The van der Waals surface area contributed by atoms with Gasteiger partial charge in [-0.05, 0) is 45.1 Å². The van der Waals surface area contributed by atoms with E-state index in [9.17, 15) is 4.79 Å². The van der Waals surface area contributed by atoms with Gasteiger partial charge in [-0.3, -0.25) is 4.79 Å². The minimum Gasteiger partial charge on any atom is -0.481 e. The average Bonchev–Trinajstić information content (AvgIpc) is 2.59. The summed E-state index contributed by atoms with van der Waals surface area (Å²) in [4.78, 5) is 10.3. The molecule has 4 heteroatoms. The summed E-state index contributed by atoms with van der Waals surface area (Å²) in [6, 6.07) is 0. The maximum atomic E-state index is 10.3. The number of carbonyl (C=O) groups is 1. The minimum atomic E-state index is -0.664. The predicted octanol–water partition coefficient (Wildman–Crippen LogP) is 5.44. The maximum absolute atomic E-state index is 10.3. The van der Waals surface area contributed by atoms with Crippen LogP contribution in [0.2, 0.25) is 0 Å². The van der Waals surface area contributed by atoms with Crippen molar-refractivity contribution in [3.05, 3.63) is 12.2 Å². The zero-order valence-corrected chi connectivity index (χ0v) is 16.6. The molecule has 0 aliphatic heterocycles. The molecule has 4 N–H and O–H groups in total. The zero-order chi connectivity index (χ0) is 19.0. The molecular formula is C21H43NO3. The number of rotatable bonds is 17. The first-order valence-electron chi connectivity index (χ1n) is 10.4. The number of hydrogen-bond acceptors (Lipinski definition) is 3. The SMILES string of the molecule is CCCCCCCCC=CCCCCCCCC(=O)O.NCCCO. The molecule has 0 saturated heterocycles. The van der Waals surface area contributed by atoms with Gasteiger partial charge in [0.25, 0.3) is 0 Å². The third-order valence-corrected chi connectivity index (χ3v) is 4.01. The predicted molar refractivity (Wildman–Crippen MR) is 108 cm³/mol. The lowest BCUT2D eigenvalue weighted by atomic mass is 10.1.